The summed E-state index contributed by atoms with van der Waals surface area (Å²) in [7, 11) is 0. The van der Waals surface area contributed by atoms with Crippen molar-refractivity contribution in [3.63, 3.8) is 0 Å². The number of halogens is 1. The molecule has 4 nitrogen and oxygen atoms in total. The standard InChI is InChI=1S/C13H15ClN2O2/c1-8-7-16(12(17)18-13(2,3)4)9-5-6-15-11(14)10(8)9/h5-7H,1-4H3. The molecule has 0 bridgehead atoms. The second-order valence-corrected chi connectivity index (χ2v) is 5.52. The summed E-state index contributed by atoms with van der Waals surface area (Å²) in [4.78, 5) is 16.1. The van der Waals surface area contributed by atoms with E-state index in [1.165, 1.54) is 4.57 Å². The molecule has 2 rings (SSSR count). The SMILES string of the molecule is Cc1cn(C(=O)OC(C)(C)C)c2ccnc(Cl)c12. The average Bonchev–Trinajstić information content (AvgIpc) is 2.55. The van der Waals surface area contributed by atoms with E-state index in [-0.39, 0.29) is 0 Å². The molecular weight excluding hydrogens is 252 g/mol. The molecule has 0 fully saturated rings. The summed E-state index contributed by atoms with van der Waals surface area (Å²) in [5.74, 6) is 0. The number of nitrogens with zero attached hydrogens (tertiary/aromatic N) is 2. The predicted octanol–water partition coefficient (Wildman–Crippen LogP) is 3.78. The summed E-state index contributed by atoms with van der Waals surface area (Å²) in [5, 5.41) is 1.18. The number of aryl methyl sites for hydroxylation is 1. The lowest BCUT2D eigenvalue weighted by Crippen LogP contribution is -2.26. The Balaban J connectivity index is 2.53. The van der Waals surface area contributed by atoms with Gasteiger partial charge in [-0.2, -0.15) is 0 Å². The van der Waals surface area contributed by atoms with Crippen LogP contribution in [0.1, 0.15) is 26.3 Å². The normalized spacial score (nSPS) is 11.8. The number of hydrogen-bond acceptors (Lipinski definition) is 3. The zero-order valence-corrected chi connectivity index (χ0v) is 11.6. The van der Waals surface area contributed by atoms with E-state index in [4.69, 9.17) is 16.3 Å². The zero-order valence-electron chi connectivity index (χ0n) is 10.8. The molecule has 5 heteroatoms. The van der Waals surface area contributed by atoms with E-state index in [0.29, 0.717) is 10.7 Å². The van der Waals surface area contributed by atoms with Crippen LogP contribution in [0.4, 0.5) is 4.79 Å². The smallest absolute Gasteiger partial charge is 0.419 e. The van der Waals surface area contributed by atoms with E-state index in [1.54, 1.807) is 18.5 Å². The Labute approximate surface area is 111 Å². The second kappa shape index (κ2) is 4.28. The molecule has 0 aromatic carbocycles. The Hall–Kier alpha value is -1.55. The Kier molecular flexibility index (Phi) is 3.07. The van der Waals surface area contributed by atoms with Gasteiger partial charge >= 0.3 is 6.09 Å². The van der Waals surface area contributed by atoms with Gasteiger partial charge in [0.1, 0.15) is 10.8 Å². The van der Waals surface area contributed by atoms with Crippen molar-refractivity contribution < 1.29 is 9.53 Å². The maximum atomic E-state index is 12.1. The van der Waals surface area contributed by atoms with Gasteiger partial charge in [-0.05, 0) is 39.3 Å². The minimum atomic E-state index is -0.529. The number of pyridine rings is 1. The summed E-state index contributed by atoms with van der Waals surface area (Å²) >= 11 is 6.04. The van der Waals surface area contributed by atoms with Crippen LogP contribution in [-0.4, -0.2) is 21.2 Å². The number of rotatable bonds is 0. The third kappa shape index (κ3) is 2.34. The summed E-state index contributed by atoms with van der Waals surface area (Å²) in [6, 6.07) is 1.75. The van der Waals surface area contributed by atoms with Gasteiger partial charge in [-0.25, -0.2) is 9.78 Å². The van der Waals surface area contributed by atoms with Crippen molar-refractivity contribution in [1.82, 2.24) is 9.55 Å². The van der Waals surface area contributed by atoms with Crippen LogP contribution in [0.25, 0.3) is 10.9 Å². The summed E-state index contributed by atoms with van der Waals surface area (Å²) in [6.45, 7) is 7.38. The fourth-order valence-electron chi connectivity index (χ4n) is 1.78. The highest BCUT2D eigenvalue weighted by Crippen LogP contribution is 2.27. The minimum absolute atomic E-state index is 0.396. The van der Waals surface area contributed by atoms with Gasteiger partial charge in [0.15, 0.2) is 0 Å². The lowest BCUT2D eigenvalue weighted by molar-refractivity contribution is 0.0544. The molecule has 18 heavy (non-hydrogen) atoms. The highest BCUT2D eigenvalue weighted by atomic mass is 35.5. The summed E-state index contributed by atoms with van der Waals surface area (Å²) in [6.07, 6.45) is 2.87. The third-order valence-electron chi connectivity index (χ3n) is 2.45. The van der Waals surface area contributed by atoms with Gasteiger partial charge in [0.2, 0.25) is 0 Å². The molecule has 0 atom stereocenters. The predicted molar refractivity (Wildman–Crippen MR) is 71.1 cm³/mol. The molecule has 0 aliphatic carbocycles. The number of carbonyl (C=O) groups excluding carboxylic acids is 1. The van der Waals surface area contributed by atoms with E-state index >= 15 is 0 Å². The van der Waals surface area contributed by atoms with Gasteiger partial charge in [0, 0.05) is 17.8 Å². The molecule has 2 aromatic heterocycles. The molecule has 2 aromatic rings. The van der Waals surface area contributed by atoms with E-state index in [2.05, 4.69) is 4.98 Å². The third-order valence-corrected chi connectivity index (χ3v) is 2.74. The van der Waals surface area contributed by atoms with Crippen LogP contribution in [0.3, 0.4) is 0 Å². The van der Waals surface area contributed by atoms with Crippen LogP contribution in [0, 0.1) is 6.92 Å². The molecule has 0 radical (unpaired) electrons. The van der Waals surface area contributed by atoms with Crippen molar-refractivity contribution in [1.29, 1.82) is 0 Å². The Morgan fingerprint density at radius 2 is 2.11 bits per heavy atom. The van der Waals surface area contributed by atoms with Crippen LogP contribution in [0.15, 0.2) is 18.5 Å². The average molecular weight is 267 g/mol. The molecule has 96 valence electrons. The van der Waals surface area contributed by atoms with Gasteiger partial charge in [-0.1, -0.05) is 11.6 Å². The second-order valence-electron chi connectivity index (χ2n) is 5.16. The number of carbonyl (C=O) groups is 1. The van der Waals surface area contributed by atoms with Crippen molar-refractivity contribution in [2.24, 2.45) is 0 Å². The lowest BCUT2D eigenvalue weighted by atomic mass is 10.2. The van der Waals surface area contributed by atoms with Crippen LogP contribution in [0.2, 0.25) is 5.15 Å². The molecule has 0 amide bonds. The van der Waals surface area contributed by atoms with E-state index < -0.39 is 11.7 Å². The first-order valence-electron chi connectivity index (χ1n) is 5.65. The molecule has 0 saturated heterocycles. The topological polar surface area (TPSA) is 44.1 Å². The highest BCUT2D eigenvalue weighted by Gasteiger charge is 2.20. The molecule has 0 aliphatic heterocycles. The Bertz CT molecular complexity index is 611. The fraction of sp³-hybridized carbons (Fsp3) is 0.385. The quantitative estimate of drug-likeness (QED) is 0.682. The van der Waals surface area contributed by atoms with Crippen LogP contribution < -0.4 is 0 Å². The van der Waals surface area contributed by atoms with Crippen LogP contribution in [-0.2, 0) is 4.74 Å². The molecule has 0 unspecified atom stereocenters. The highest BCUT2D eigenvalue weighted by molar-refractivity contribution is 6.34. The molecule has 2 heterocycles. The van der Waals surface area contributed by atoms with E-state index in [9.17, 15) is 4.79 Å². The zero-order chi connectivity index (χ0) is 13.5. The van der Waals surface area contributed by atoms with Crippen molar-refractivity contribution in [2.75, 3.05) is 0 Å². The van der Waals surface area contributed by atoms with Gasteiger partial charge in [0.05, 0.1) is 5.52 Å². The summed E-state index contributed by atoms with van der Waals surface area (Å²) < 4.78 is 6.81. The molecular formula is C13H15ClN2O2. The van der Waals surface area contributed by atoms with E-state index in [1.807, 2.05) is 27.7 Å². The number of aromatic nitrogens is 2. The Morgan fingerprint density at radius 1 is 1.44 bits per heavy atom. The fourth-order valence-corrected chi connectivity index (χ4v) is 2.08. The molecule has 0 N–H and O–H groups in total. The first-order valence-corrected chi connectivity index (χ1v) is 6.03. The minimum Gasteiger partial charge on any atom is -0.443 e. The first kappa shape index (κ1) is 12.9. The van der Waals surface area contributed by atoms with Crippen molar-refractivity contribution in [2.45, 2.75) is 33.3 Å². The largest absolute Gasteiger partial charge is 0.443 e. The van der Waals surface area contributed by atoms with Crippen LogP contribution in [0.5, 0.6) is 0 Å². The van der Waals surface area contributed by atoms with Gasteiger partial charge in [-0.3, -0.25) is 4.57 Å². The monoisotopic (exact) mass is 266 g/mol. The lowest BCUT2D eigenvalue weighted by Gasteiger charge is -2.19. The maximum Gasteiger partial charge on any atom is 0.419 e. The number of ether oxygens (including phenoxy) is 1. The van der Waals surface area contributed by atoms with Crippen molar-refractivity contribution in [3.8, 4) is 0 Å². The van der Waals surface area contributed by atoms with Gasteiger partial charge in [0.25, 0.3) is 0 Å². The summed E-state index contributed by atoms with van der Waals surface area (Å²) in [5.41, 5.74) is 1.08. The van der Waals surface area contributed by atoms with Crippen LogP contribution >= 0.6 is 11.6 Å². The first-order chi connectivity index (χ1) is 8.29. The van der Waals surface area contributed by atoms with Gasteiger partial charge < -0.3 is 4.74 Å². The molecule has 0 aliphatic rings. The maximum absolute atomic E-state index is 12.1. The van der Waals surface area contributed by atoms with E-state index in [0.717, 1.165) is 10.9 Å². The number of hydrogen-bond donors (Lipinski definition) is 0. The Morgan fingerprint density at radius 3 is 2.72 bits per heavy atom. The van der Waals surface area contributed by atoms with Gasteiger partial charge in [-0.15, -0.1) is 0 Å². The van der Waals surface area contributed by atoms with Crippen molar-refractivity contribution >= 4 is 28.6 Å². The molecule has 0 saturated carbocycles. The number of fused-ring (bicyclic) bond motifs is 1. The van der Waals surface area contributed by atoms with Crippen molar-refractivity contribution in [3.05, 3.63) is 29.2 Å². The molecule has 0 spiro atoms.